The van der Waals surface area contributed by atoms with E-state index in [1.165, 1.54) is 0 Å². The summed E-state index contributed by atoms with van der Waals surface area (Å²) in [6.45, 7) is -0.250. The largest absolute Gasteiger partial charge is 0.394 e. The first-order chi connectivity index (χ1) is 1.91. The van der Waals surface area contributed by atoms with Crippen molar-refractivity contribution in [2.75, 3.05) is 13.2 Å². The fourth-order valence-corrected chi connectivity index (χ4v) is 0. The van der Waals surface area contributed by atoms with Crippen LogP contribution in [0.5, 0.6) is 0 Å². The van der Waals surface area contributed by atoms with Gasteiger partial charge < -0.3 is 10.2 Å². The third-order valence-electron chi connectivity index (χ3n) is 0.1000. The van der Waals surface area contributed by atoms with Gasteiger partial charge in [-0.25, -0.2) is 0 Å². The molecule has 0 aliphatic heterocycles. The van der Waals surface area contributed by atoms with Gasteiger partial charge in [0.2, 0.25) is 0 Å². The van der Waals surface area contributed by atoms with Crippen LogP contribution in [0.2, 0.25) is 0 Å². The first-order valence-corrected chi connectivity index (χ1v) is 1.13. The van der Waals surface area contributed by atoms with Gasteiger partial charge in [-0.1, -0.05) is 0 Å². The Kier molecular flexibility index (Phi) is 16.1. The molecule has 0 rings (SSSR count). The predicted molar refractivity (Wildman–Crippen MR) is 17.3 cm³/mol. The molecule has 0 aromatic carbocycles. The van der Waals surface area contributed by atoms with E-state index in [-0.39, 0.29) is 19.4 Å². The molecule has 0 aliphatic carbocycles. The van der Waals surface area contributed by atoms with Crippen molar-refractivity contribution in [2.24, 2.45) is 0 Å². The average molecular weight is 77.1 g/mol. The van der Waals surface area contributed by atoms with E-state index in [2.05, 4.69) is 0 Å². The summed E-state index contributed by atoms with van der Waals surface area (Å²) in [7, 11) is 0. The van der Waals surface area contributed by atoms with Crippen molar-refractivity contribution in [3.8, 4) is 0 Å². The van der Waals surface area contributed by atoms with E-state index in [0.29, 0.717) is 0 Å². The Labute approximate surface area is 30.8 Å². The van der Waals surface area contributed by atoms with E-state index >= 15 is 0 Å². The van der Waals surface area contributed by atoms with Crippen molar-refractivity contribution in [3.05, 3.63) is 0 Å². The van der Waals surface area contributed by atoms with Gasteiger partial charge in [0.05, 0.1) is 13.2 Å². The van der Waals surface area contributed by atoms with Gasteiger partial charge in [0.15, 0.2) is 0 Å². The Morgan fingerprint density at radius 1 is 1.00 bits per heavy atom. The molecule has 0 aliphatic rings. The maximum absolute atomic E-state index is 7.62. The SMILES string of the molecule is OCCO.[NH]. The summed E-state index contributed by atoms with van der Waals surface area (Å²) in [4.78, 5) is 0. The van der Waals surface area contributed by atoms with E-state index in [0.717, 1.165) is 0 Å². The maximum atomic E-state index is 7.62. The van der Waals surface area contributed by atoms with Gasteiger partial charge in [0.1, 0.15) is 0 Å². The summed E-state index contributed by atoms with van der Waals surface area (Å²) in [5, 5.41) is 15.2. The Morgan fingerprint density at radius 2 is 1.20 bits per heavy atom. The first kappa shape index (κ1) is 8.86. The number of nitrogens with one attached hydrogen (secondary N) is 1. The van der Waals surface area contributed by atoms with Gasteiger partial charge in [0.25, 0.3) is 0 Å². The van der Waals surface area contributed by atoms with E-state index in [1.807, 2.05) is 0 Å². The molecule has 3 N–H and O–H groups in total. The van der Waals surface area contributed by atoms with E-state index < -0.39 is 0 Å². The van der Waals surface area contributed by atoms with Crippen LogP contribution in [-0.4, -0.2) is 23.4 Å². The number of aliphatic hydroxyl groups is 2. The molecule has 0 unspecified atom stereocenters. The summed E-state index contributed by atoms with van der Waals surface area (Å²) >= 11 is 0. The Morgan fingerprint density at radius 3 is 1.20 bits per heavy atom. The van der Waals surface area contributed by atoms with Crippen molar-refractivity contribution < 1.29 is 10.2 Å². The molecule has 5 heavy (non-hydrogen) atoms. The fraction of sp³-hybridized carbons (Fsp3) is 1.00. The van der Waals surface area contributed by atoms with Gasteiger partial charge in [-0.2, -0.15) is 6.15 Å². The average Bonchev–Trinajstić information content (AvgIpc) is 1.37. The molecule has 0 saturated heterocycles. The Hall–Kier alpha value is -0.120. The smallest absolute Gasteiger partial charge is 0.0662 e. The van der Waals surface area contributed by atoms with E-state index in [1.54, 1.807) is 0 Å². The summed E-state index contributed by atoms with van der Waals surface area (Å²) in [5.41, 5.74) is 0. The highest BCUT2D eigenvalue weighted by molar-refractivity contribution is 4.06. The lowest BCUT2D eigenvalue weighted by Crippen LogP contribution is -1.85. The van der Waals surface area contributed by atoms with Crippen LogP contribution in [0.25, 0.3) is 0 Å². The van der Waals surface area contributed by atoms with Gasteiger partial charge >= 0.3 is 0 Å². The zero-order valence-corrected chi connectivity index (χ0v) is 2.81. The number of aliphatic hydroxyl groups excluding tert-OH is 2. The Bertz CT molecular complexity index is 9.61. The lowest BCUT2D eigenvalue weighted by Gasteiger charge is -1.70. The monoisotopic (exact) mass is 77.0 g/mol. The minimum atomic E-state index is -0.125. The van der Waals surface area contributed by atoms with Crippen molar-refractivity contribution in [1.29, 1.82) is 0 Å². The van der Waals surface area contributed by atoms with E-state index in [9.17, 15) is 0 Å². The van der Waals surface area contributed by atoms with E-state index in [4.69, 9.17) is 10.2 Å². The summed E-state index contributed by atoms with van der Waals surface area (Å²) in [6, 6.07) is 0. The third kappa shape index (κ3) is 17.7. The first-order valence-electron chi connectivity index (χ1n) is 1.13. The standard InChI is InChI=1S/C2H6O2.HN/c3-1-2-4;/h3-4H,1-2H2;1H. The van der Waals surface area contributed by atoms with Crippen LogP contribution in [0, 0.1) is 0 Å². The summed E-state index contributed by atoms with van der Waals surface area (Å²) in [5.74, 6) is 0. The number of rotatable bonds is 1. The molecule has 0 saturated carbocycles. The molecular weight excluding hydrogens is 70.0 g/mol. The van der Waals surface area contributed by atoms with Gasteiger partial charge in [0, 0.05) is 0 Å². The molecule has 0 fully saturated rings. The minimum Gasteiger partial charge on any atom is -0.394 e. The molecule has 3 heteroatoms. The molecule has 2 radical (unpaired) electrons. The zero-order chi connectivity index (χ0) is 3.41. The quantitative estimate of drug-likeness (QED) is 0.408. The third-order valence-corrected chi connectivity index (χ3v) is 0.1000. The van der Waals surface area contributed by atoms with Crippen molar-refractivity contribution in [3.63, 3.8) is 0 Å². The van der Waals surface area contributed by atoms with Gasteiger partial charge in [-0.05, 0) is 0 Å². The second-order valence-corrected chi connectivity index (χ2v) is 0.447. The second-order valence-electron chi connectivity index (χ2n) is 0.447. The van der Waals surface area contributed by atoms with Crippen molar-refractivity contribution >= 4 is 0 Å². The van der Waals surface area contributed by atoms with Crippen molar-refractivity contribution in [2.45, 2.75) is 0 Å². The maximum Gasteiger partial charge on any atom is 0.0662 e. The molecule has 32 valence electrons. The van der Waals surface area contributed by atoms with Crippen molar-refractivity contribution in [1.82, 2.24) is 6.15 Å². The molecule has 0 aromatic heterocycles. The zero-order valence-electron chi connectivity index (χ0n) is 2.81. The fourth-order valence-electron chi connectivity index (χ4n) is 0. The highest BCUT2D eigenvalue weighted by Gasteiger charge is 1.58. The van der Waals surface area contributed by atoms with Crippen LogP contribution < -0.4 is 6.15 Å². The van der Waals surface area contributed by atoms with Crippen LogP contribution in [-0.2, 0) is 0 Å². The lowest BCUT2D eigenvalue weighted by atomic mass is 10.8. The predicted octanol–water partition coefficient (Wildman–Crippen LogP) is -1.30. The molecule has 0 amide bonds. The van der Waals surface area contributed by atoms with Gasteiger partial charge in [-0.3, -0.25) is 0 Å². The molecule has 0 atom stereocenters. The molecule has 0 spiro atoms. The number of hydrogen-bond acceptors (Lipinski definition) is 2. The Balaban J connectivity index is 0. The normalized spacial score (nSPS) is 6.00. The highest BCUT2D eigenvalue weighted by atomic mass is 16.3. The number of hydrogen-bond donors (Lipinski definition) is 2. The van der Waals surface area contributed by atoms with Crippen LogP contribution in [0.1, 0.15) is 0 Å². The molecular formula is C2H7NO2. The van der Waals surface area contributed by atoms with Crippen LogP contribution >= 0.6 is 0 Å². The summed E-state index contributed by atoms with van der Waals surface area (Å²) in [6.07, 6.45) is 0. The minimum absolute atomic E-state index is 0. The lowest BCUT2D eigenvalue weighted by molar-refractivity contribution is 0.186. The molecule has 0 aromatic rings. The van der Waals surface area contributed by atoms with Crippen LogP contribution in [0.4, 0.5) is 0 Å². The highest BCUT2D eigenvalue weighted by Crippen LogP contribution is 1.39. The second kappa shape index (κ2) is 9.11. The van der Waals surface area contributed by atoms with Gasteiger partial charge in [-0.15, -0.1) is 0 Å². The van der Waals surface area contributed by atoms with Crippen LogP contribution in [0.3, 0.4) is 0 Å². The molecule has 0 bridgehead atoms. The topological polar surface area (TPSA) is 72.5 Å². The van der Waals surface area contributed by atoms with Crippen LogP contribution in [0.15, 0.2) is 0 Å². The molecule has 3 nitrogen and oxygen atoms in total. The summed E-state index contributed by atoms with van der Waals surface area (Å²) < 4.78 is 0. The molecule has 0 heterocycles.